The second-order valence-corrected chi connectivity index (χ2v) is 5.96. The van der Waals surface area contributed by atoms with Crippen LogP contribution in [0.5, 0.6) is 0 Å². The van der Waals surface area contributed by atoms with Crippen LogP contribution in [-0.2, 0) is 35.1 Å². The van der Waals surface area contributed by atoms with E-state index >= 15 is 0 Å². The molecular formula is C18H24O6. The van der Waals surface area contributed by atoms with Gasteiger partial charge in [-0.15, -0.1) is 0 Å². The van der Waals surface area contributed by atoms with Crippen molar-refractivity contribution in [2.75, 3.05) is 6.61 Å². The van der Waals surface area contributed by atoms with E-state index in [-0.39, 0.29) is 0 Å². The number of hydrogen-bond acceptors (Lipinski definition) is 6. The summed E-state index contributed by atoms with van der Waals surface area (Å²) in [4.78, 5) is 22.5. The van der Waals surface area contributed by atoms with Crippen molar-refractivity contribution in [2.45, 2.75) is 58.2 Å². The third kappa shape index (κ3) is 5.04. The van der Waals surface area contributed by atoms with Crippen molar-refractivity contribution in [1.29, 1.82) is 0 Å². The molecular weight excluding hydrogens is 312 g/mol. The Kier molecular flexibility index (Phi) is 6.34. The zero-order valence-corrected chi connectivity index (χ0v) is 14.3. The fourth-order valence-electron chi connectivity index (χ4n) is 2.76. The summed E-state index contributed by atoms with van der Waals surface area (Å²) in [6.45, 7) is 5.37. The lowest BCUT2D eigenvalue weighted by Gasteiger charge is -2.27. The SMILES string of the molecule is CCC1(COCc2ccccc2)CC(OC(C)=O)C(OC(C)=O)O1. The van der Waals surface area contributed by atoms with Crippen LogP contribution in [0.15, 0.2) is 30.3 Å². The Labute approximate surface area is 142 Å². The third-order valence-electron chi connectivity index (χ3n) is 3.96. The maximum absolute atomic E-state index is 11.3. The molecule has 0 radical (unpaired) electrons. The van der Waals surface area contributed by atoms with Gasteiger partial charge in [0.2, 0.25) is 6.29 Å². The first-order valence-electron chi connectivity index (χ1n) is 8.08. The molecule has 0 saturated carbocycles. The second-order valence-electron chi connectivity index (χ2n) is 5.96. The lowest BCUT2D eigenvalue weighted by Crippen LogP contribution is -2.35. The van der Waals surface area contributed by atoms with Gasteiger partial charge in [-0.05, 0) is 12.0 Å². The molecule has 6 heteroatoms. The summed E-state index contributed by atoms with van der Waals surface area (Å²) >= 11 is 0. The number of carbonyl (C=O) groups is 2. The summed E-state index contributed by atoms with van der Waals surface area (Å²) < 4.78 is 22.1. The van der Waals surface area contributed by atoms with Crippen molar-refractivity contribution in [2.24, 2.45) is 0 Å². The van der Waals surface area contributed by atoms with E-state index in [2.05, 4.69) is 0 Å². The molecule has 1 aromatic carbocycles. The highest BCUT2D eigenvalue weighted by molar-refractivity contribution is 5.67. The van der Waals surface area contributed by atoms with E-state index in [9.17, 15) is 9.59 Å². The number of esters is 2. The van der Waals surface area contributed by atoms with E-state index in [1.54, 1.807) is 0 Å². The molecule has 24 heavy (non-hydrogen) atoms. The number of rotatable bonds is 7. The van der Waals surface area contributed by atoms with Gasteiger partial charge in [0, 0.05) is 20.3 Å². The molecule has 1 saturated heterocycles. The van der Waals surface area contributed by atoms with E-state index < -0.39 is 29.9 Å². The largest absolute Gasteiger partial charge is 0.456 e. The maximum atomic E-state index is 11.3. The average molecular weight is 336 g/mol. The molecule has 3 unspecified atom stereocenters. The quantitative estimate of drug-likeness (QED) is 0.713. The standard InChI is InChI=1S/C18H24O6/c1-4-18(12-21-11-15-8-6-5-7-9-15)10-16(22-13(2)19)17(24-18)23-14(3)20/h5-9,16-17H,4,10-12H2,1-3H3. The van der Waals surface area contributed by atoms with Crippen LogP contribution in [0.25, 0.3) is 0 Å². The molecule has 0 N–H and O–H groups in total. The van der Waals surface area contributed by atoms with Crippen LogP contribution in [0, 0.1) is 0 Å². The van der Waals surface area contributed by atoms with E-state index in [1.165, 1.54) is 13.8 Å². The Morgan fingerprint density at radius 3 is 2.42 bits per heavy atom. The van der Waals surface area contributed by atoms with Crippen LogP contribution in [0.2, 0.25) is 0 Å². The van der Waals surface area contributed by atoms with E-state index in [1.807, 2.05) is 37.3 Å². The highest BCUT2D eigenvalue weighted by Gasteiger charge is 2.49. The highest BCUT2D eigenvalue weighted by Crippen LogP contribution is 2.36. The lowest BCUT2D eigenvalue weighted by molar-refractivity contribution is -0.211. The number of carbonyl (C=O) groups excluding carboxylic acids is 2. The molecule has 132 valence electrons. The molecule has 0 spiro atoms. The molecule has 1 aliphatic heterocycles. The van der Waals surface area contributed by atoms with Crippen molar-refractivity contribution in [1.82, 2.24) is 0 Å². The van der Waals surface area contributed by atoms with Crippen molar-refractivity contribution < 1.29 is 28.5 Å². The summed E-state index contributed by atoms with van der Waals surface area (Å²) in [6.07, 6.45) is -0.439. The second kappa shape index (κ2) is 8.26. The van der Waals surface area contributed by atoms with Gasteiger partial charge in [-0.2, -0.15) is 0 Å². The molecule has 1 aliphatic rings. The fraction of sp³-hybridized carbons (Fsp3) is 0.556. The van der Waals surface area contributed by atoms with Gasteiger partial charge in [0.05, 0.1) is 18.8 Å². The molecule has 0 aliphatic carbocycles. The van der Waals surface area contributed by atoms with Crippen LogP contribution in [0.1, 0.15) is 39.2 Å². The summed E-state index contributed by atoms with van der Waals surface area (Å²) in [7, 11) is 0. The smallest absolute Gasteiger partial charge is 0.305 e. The first-order chi connectivity index (χ1) is 11.4. The average Bonchev–Trinajstić information content (AvgIpc) is 2.85. The van der Waals surface area contributed by atoms with Gasteiger partial charge >= 0.3 is 11.9 Å². The first kappa shape index (κ1) is 18.4. The van der Waals surface area contributed by atoms with E-state index in [4.69, 9.17) is 18.9 Å². The minimum Gasteiger partial charge on any atom is -0.456 e. The molecule has 0 amide bonds. The van der Waals surface area contributed by atoms with E-state index in [0.29, 0.717) is 26.1 Å². The normalized spacial score (nSPS) is 26.1. The van der Waals surface area contributed by atoms with Crippen molar-refractivity contribution in [3.05, 3.63) is 35.9 Å². The van der Waals surface area contributed by atoms with Gasteiger partial charge in [0.25, 0.3) is 0 Å². The predicted molar refractivity (Wildman–Crippen MR) is 85.9 cm³/mol. The summed E-state index contributed by atoms with van der Waals surface area (Å²) in [5.41, 5.74) is 0.421. The van der Waals surface area contributed by atoms with Gasteiger partial charge in [-0.25, -0.2) is 0 Å². The first-order valence-corrected chi connectivity index (χ1v) is 8.08. The molecule has 2 rings (SSSR count). The fourth-order valence-corrected chi connectivity index (χ4v) is 2.76. The minimum absolute atomic E-state index is 0.327. The highest BCUT2D eigenvalue weighted by atomic mass is 16.7. The number of hydrogen-bond donors (Lipinski definition) is 0. The Morgan fingerprint density at radius 2 is 1.83 bits per heavy atom. The van der Waals surface area contributed by atoms with Crippen molar-refractivity contribution in [3.63, 3.8) is 0 Å². The van der Waals surface area contributed by atoms with Crippen LogP contribution >= 0.6 is 0 Å². The summed E-state index contributed by atoms with van der Waals surface area (Å²) in [5, 5.41) is 0. The zero-order valence-electron chi connectivity index (χ0n) is 14.3. The molecule has 1 heterocycles. The van der Waals surface area contributed by atoms with Gasteiger partial charge in [0.1, 0.15) is 0 Å². The van der Waals surface area contributed by atoms with E-state index in [0.717, 1.165) is 5.56 Å². The minimum atomic E-state index is -0.897. The summed E-state index contributed by atoms with van der Waals surface area (Å²) in [6, 6.07) is 9.82. The molecule has 1 aromatic rings. The molecule has 0 bridgehead atoms. The van der Waals surface area contributed by atoms with Gasteiger partial charge in [-0.1, -0.05) is 37.3 Å². The summed E-state index contributed by atoms with van der Waals surface area (Å²) in [5.74, 6) is -0.910. The van der Waals surface area contributed by atoms with Crippen LogP contribution < -0.4 is 0 Å². The van der Waals surface area contributed by atoms with Gasteiger partial charge in [0.15, 0.2) is 6.10 Å². The monoisotopic (exact) mass is 336 g/mol. The Hall–Kier alpha value is -1.92. The molecule has 0 aromatic heterocycles. The van der Waals surface area contributed by atoms with Gasteiger partial charge < -0.3 is 18.9 Å². The van der Waals surface area contributed by atoms with Crippen molar-refractivity contribution >= 4 is 11.9 Å². The van der Waals surface area contributed by atoms with Gasteiger partial charge in [-0.3, -0.25) is 9.59 Å². The lowest BCUT2D eigenvalue weighted by atomic mass is 9.97. The molecule has 1 fully saturated rings. The molecule has 3 atom stereocenters. The molecule has 6 nitrogen and oxygen atoms in total. The van der Waals surface area contributed by atoms with Crippen LogP contribution in [0.4, 0.5) is 0 Å². The Balaban J connectivity index is 1.99. The predicted octanol–water partition coefficient (Wildman–Crippen LogP) is 2.59. The Bertz CT molecular complexity index is 532. The number of benzene rings is 1. The van der Waals surface area contributed by atoms with Crippen molar-refractivity contribution in [3.8, 4) is 0 Å². The topological polar surface area (TPSA) is 71.1 Å². The number of ether oxygens (including phenoxy) is 4. The van der Waals surface area contributed by atoms with Crippen LogP contribution in [0.3, 0.4) is 0 Å². The Morgan fingerprint density at radius 1 is 1.17 bits per heavy atom. The maximum Gasteiger partial charge on any atom is 0.305 e. The zero-order chi connectivity index (χ0) is 17.6. The third-order valence-corrected chi connectivity index (χ3v) is 3.96. The van der Waals surface area contributed by atoms with Crippen LogP contribution in [-0.4, -0.2) is 36.5 Å².